The van der Waals surface area contributed by atoms with Crippen molar-refractivity contribution in [1.29, 1.82) is 0 Å². The van der Waals surface area contributed by atoms with Crippen molar-refractivity contribution in [3.8, 4) is 22.0 Å². The number of nitrogens with zero attached hydrogens (tertiary/aromatic N) is 4. The lowest BCUT2D eigenvalue weighted by molar-refractivity contribution is -0.154. The summed E-state index contributed by atoms with van der Waals surface area (Å²) in [6.07, 6.45) is 7.09. The van der Waals surface area contributed by atoms with E-state index in [0.29, 0.717) is 28.2 Å². The molecule has 2 N–H and O–H groups in total. The van der Waals surface area contributed by atoms with Gasteiger partial charge in [0.25, 0.3) is 0 Å². The Bertz CT molecular complexity index is 1710. The molecule has 2 atom stereocenters. The van der Waals surface area contributed by atoms with E-state index in [1.807, 2.05) is 37.3 Å². The Morgan fingerprint density at radius 1 is 1.18 bits per heavy atom. The van der Waals surface area contributed by atoms with E-state index >= 15 is 4.39 Å². The Balaban J connectivity index is 1.38. The number of hydrogen-bond donors (Lipinski definition) is 2. The summed E-state index contributed by atoms with van der Waals surface area (Å²) in [5.74, 6) is -0.349. The highest BCUT2D eigenvalue weighted by Gasteiger charge is 2.48. The third-order valence-corrected chi connectivity index (χ3v) is 9.49. The molecule has 0 spiro atoms. The van der Waals surface area contributed by atoms with Gasteiger partial charge in [0.1, 0.15) is 16.4 Å². The molecule has 1 aromatic carbocycles. The quantitative estimate of drug-likeness (QED) is 0.212. The first-order valence-electron chi connectivity index (χ1n) is 13.5. The first kappa shape index (κ1) is 25.3. The molecule has 40 heavy (non-hydrogen) atoms. The fraction of sp³-hybridized carbons (Fsp3) is 0.345. The molecular weight excluding hydrogens is 551 g/mol. The molecule has 3 aliphatic carbocycles. The summed E-state index contributed by atoms with van der Waals surface area (Å²) in [5.41, 5.74) is 1.76. The highest BCUT2D eigenvalue weighted by atomic mass is 35.5. The van der Waals surface area contributed by atoms with E-state index in [1.54, 1.807) is 6.20 Å². The Morgan fingerprint density at radius 2 is 1.98 bits per heavy atom. The van der Waals surface area contributed by atoms with Crippen LogP contribution >= 0.6 is 22.9 Å². The van der Waals surface area contributed by atoms with Crippen molar-refractivity contribution >= 4 is 56.0 Å². The Kier molecular flexibility index (Phi) is 6.39. The smallest absolute Gasteiger partial charge is 0.311 e. The second kappa shape index (κ2) is 10.1. The Morgan fingerprint density at radius 3 is 2.77 bits per heavy atom. The number of H-pyrrole nitrogens is 1. The van der Waals surface area contributed by atoms with Crippen LogP contribution in [0.4, 0.5) is 10.2 Å². The maximum absolute atomic E-state index is 16.4. The van der Waals surface area contributed by atoms with Crippen LogP contribution in [0.3, 0.4) is 0 Å². The maximum atomic E-state index is 16.4. The normalized spacial score (nSPS) is 22.2. The molecule has 3 saturated carbocycles. The van der Waals surface area contributed by atoms with E-state index in [-0.39, 0.29) is 52.3 Å². The SMILES string of the molecule is CCOC(=O)[C@H]1C2CCC(CC2)[C@@H]1Nc1nc(-c2c[nH]c3ncc(Cl)nc23)nc(-c2cc3ccccc3s2)c1F. The number of halogens is 2. The van der Waals surface area contributed by atoms with Crippen molar-refractivity contribution in [1.82, 2.24) is 24.9 Å². The summed E-state index contributed by atoms with van der Waals surface area (Å²) >= 11 is 7.62. The zero-order chi connectivity index (χ0) is 27.4. The molecule has 5 aromatic rings. The third-order valence-electron chi connectivity index (χ3n) is 8.18. The summed E-state index contributed by atoms with van der Waals surface area (Å²) in [6.45, 7) is 2.12. The van der Waals surface area contributed by atoms with Crippen LogP contribution in [-0.2, 0) is 9.53 Å². The number of thiophene rings is 1. The van der Waals surface area contributed by atoms with E-state index < -0.39 is 5.82 Å². The number of aromatic amines is 1. The Labute approximate surface area is 238 Å². The van der Waals surface area contributed by atoms with Gasteiger partial charge in [-0.3, -0.25) is 4.79 Å². The molecule has 0 unspecified atom stereocenters. The molecule has 11 heteroatoms. The molecule has 3 aliphatic rings. The topological polar surface area (TPSA) is 106 Å². The summed E-state index contributed by atoms with van der Waals surface area (Å²) < 4.78 is 22.9. The van der Waals surface area contributed by atoms with Gasteiger partial charge in [0.15, 0.2) is 23.1 Å². The molecule has 0 aliphatic heterocycles. The largest absolute Gasteiger partial charge is 0.466 e. The van der Waals surface area contributed by atoms with Gasteiger partial charge in [-0.05, 0) is 62.0 Å². The number of fused-ring (bicyclic) bond motifs is 5. The average Bonchev–Trinajstić information content (AvgIpc) is 3.59. The number of anilines is 1. The second-order valence-corrected chi connectivity index (χ2v) is 11.9. The van der Waals surface area contributed by atoms with E-state index in [0.717, 1.165) is 35.8 Å². The summed E-state index contributed by atoms with van der Waals surface area (Å²) in [6, 6.07) is 9.57. The van der Waals surface area contributed by atoms with Gasteiger partial charge < -0.3 is 15.0 Å². The van der Waals surface area contributed by atoms with Crippen LogP contribution < -0.4 is 5.32 Å². The van der Waals surface area contributed by atoms with Crippen molar-refractivity contribution < 1.29 is 13.9 Å². The van der Waals surface area contributed by atoms with Gasteiger partial charge in [-0.15, -0.1) is 11.3 Å². The molecule has 8 rings (SSSR count). The van der Waals surface area contributed by atoms with E-state index in [1.165, 1.54) is 17.5 Å². The number of ether oxygens (including phenoxy) is 1. The van der Waals surface area contributed by atoms with E-state index in [9.17, 15) is 4.79 Å². The number of benzene rings is 1. The lowest BCUT2D eigenvalue weighted by Gasteiger charge is -2.47. The van der Waals surface area contributed by atoms with Crippen LogP contribution in [0.15, 0.2) is 42.7 Å². The summed E-state index contributed by atoms with van der Waals surface area (Å²) in [7, 11) is 0. The standard InChI is InChI=1S/C29H26ClFN6O2S/c1-2-39-29(38)21-14-7-9-15(10-8-14)23(21)35-27-22(31)25(19-11-16-5-3-4-6-18(16)40-19)36-26(37-27)17-12-32-28-24(17)34-20(30)13-33-28/h3-6,11-15,21,23H,2,7-10H2,1H3,(H,32,33)(H,35,36,37)/t14?,15?,21-,23-/m0/s1. The first-order chi connectivity index (χ1) is 19.5. The van der Waals surface area contributed by atoms with Gasteiger partial charge in [-0.1, -0.05) is 29.8 Å². The van der Waals surface area contributed by atoms with Crippen LogP contribution in [-0.4, -0.2) is 43.5 Å². The predicted molar refractivity (Wildman–Crippen MR) is 154 cm³/mol. The van der Waals surface area contributed by atoms with Crippen molar-refractivity contribution in [3.05, 3.63) is 53.7 Å². The van der Waals surface area contributed by atoms with Crippen LogP contribution in [0.25, 0.3) is 43.2 Å². The zero-order valence-corrected chi connectivity index (χ0v) is 23.2. The highest BCUT2D eigenvalue weighted by Crippen LogP contribution is 2.47. The first-order valence-corrected chi connectivity index (χ1v) is 14.7. The number of carbonyl (C=O) groups excluding carboxylic acids is 1. The molecular formula is C29H26ClFN6O2S. The number of esters is 1. The van der Waals surface area contributed by atoms with Gasteiger partial charge in [0.2, 0.25) is 0 Å². The summed E-state index contributed by atoms with van der Waals surface area (Å²) in [4.78, 5) is 34.9. The van der Waals surface area contributed by atoms with Crippen LogP contribution in [0.5, 0.6) is 0 Å². The summed E-state index contributed by atoms with van der Waals surface area (Å²) in [5, 5.41) is 4.62. The molecule has 204 valence electrons. The second-order valence-electron chi connectivity index (χ2n) is 10.4. The van der Waals surface area contributed by atoms with Gasteiger partial charge in [-0.25, -0.2) is 24.3 Å². The van der Waals surface area contributed by atoms with Crippen molar-refractivity contribution in [2.75, 3.05) is 11.9 Å². The molecule has 4 aromatic heterocycles. The minimum Gasteiger partial charge on any atom is -0.466 e. The van der Waals surface area contributed by atoms with E-state index in [4.69, 9.17) is 21.3 Å². The molecule has 8 nitrogen and oxygen atoms in total. The molecule has 3 fully saturated rings. The van der Waals surface area contributed by atoms with Crippen molar-refractivity contribution in [2.45, 2.75) is 38.6 Å². The average molecular weight is 577 g/mol. The van der Waals surface area contributed by atoms with Crippen molar-refractivity contribution in [2.24, 2.45) is 17.8 Å². The number of hydrogen-bond acceptors (Lipinski definition) is 8. The number of rotatable bonds is 6. The van der Waals surface area contributed by atoms with Crippen LogP contribution in [0.1, 0.15) is 32.6 Å². The van der Waals surface area contributed by atoms with Gasteiger partial charge >= 0.3 is 5.97 Å². The fourth-order valence-electron chi connectivity index (χ4n) is 6.36. The minimum absolute atomic E-state index is 0.0636. The van der Waals surface area contributed by atoms with Crippen LogP contribution in [0, 0.1) is 23.6 Å². The van der Waals surface area contributed by atoms with E-state index in [2.05, 4.69) is 25.3 Å². The molecule has 2 bridgehead atoms. The lowest BCUT2D eigenvalue weighted by Crippen LogP contribution is -2.52. The fourth-order valence-corrected chi connectivity index (χ4v) is 7.54. The number of nitrogens with one attached hydrogen (secondary N) is 2. The zero-order valence-electron chi connectivity index (χ0n) is 21.7. The molecule has 0 saturated heterocycles. The third kappa shape index (κ3) is 4.30. The number of aromatic nitrogens is 5. The minimum atomic E-state index is -0.552. The number of carbonyl (C=O) groups is 1. The van der Waals surface area contributed by atoms with Gasteiger partial charge in [0.05, 0.1) is 29.2 Å². The Hall–Kier alpha value is -3.63. The monoisotopic (exact) mass is 576 g/mol. The molecule has 4 heterocycles. The van der Waals surface area contributed by atoms with Gasteiger partial charge in [0, 0.05) is 16.9 Å². The molecule has 0 radical (unpaired) electrons. The van der Waals surface area contributed by atoms with Crippen LogP contribution in [0.2, 0.25) is 5.15 Å². The highest BCUT2D eigenvalue weighted by molar-refractivity contribution is 7.22. The molecule has 0 amide bonds. The van der Waals surface area contributed by atoms with Crippen molar-refractivity contribution in [3.63, 3.8) is 0 Å². The predicted octanol–water partition coefficient (Wildman–Crippen LogP) is 6.87. The van der Waals surface area contributed by atoms with Gasteiger partial charge in [-0.2, -0.15) is 0 Å². The lowest BCUT2D eigenvalue weighted by atomic mass is 9.61. The maximum Gasteiger partial charge on any atom is 0.311 e.